The summed E-state index contributed by atoms with van der Waals surface area (Å²) in [6.07, 6.45) is 0. The molecule has 0 spiro atoms. The zero-order chi connectivity index (χ0) is 17.4. The number of aliphatic hydroxyl groups is 1. The Balaban J connectivity index is 2.05. The Hall–Kier alpha value is -3.04. The molecule has 0 bridgehead atoms. The Morgan fingerprint density at radius 3 is 2.67 bits per heavy atom. The van der Waals surface area contributed by atoms with Crippen LogP contribution in [0.2, 0.25) is 0 Å². The maximum atomic E-state index is 12.1. The number of aliphatic hydroxyl groups excluding tert-OH is 1. The number of hydrogen-bond donors (Lipinski definition) is 3. The number of benzene rings is 2. The minimum absolute atomic E-state index is 0.0851. The Morgan fingerprint density at radius 2 is 2.00 bits per heavy atom. The maximum Gasteiger partial charge on any atom is 0.319 e. The predicted octanol–water partition coefficient (Wildman–Crippen LogP) is 2.77. The highest BCUT2D eigenvalue weighted by Crippen LogP contribution is 2.25. The summed E-state index contributed by atoms with van der Waals surface area (Å²) in [5.74, 6) is 0.502. The molecule has 0 aliphatic heterocycles. The van der Waals surface area contributed by atoms with Crippen molar-refractivity contribution in [2.24, 2.45) is 0 Å². The monoisotopic (exact) mass is 325 g/mol. The van der Waals surface area contributed by atoms with Crippen LogP contribution in [0.1, 0.15) is 23.6 Å². The van der Waals surface area contributed by atoms with Gasteiger partial charge < -0.3 is 20.5 Å². The maximum absolute atomic E-state index is 12.1. The molecule has 2 aromatic carbocycles. The third-order valence-electron chi connectivity index (χ3n) is 3.38. The van der Waals surface area contributed by atoms with E-state index in [9.17, 15) is 9.90 Å². The molecule has 2 rings (SSSR count). The molecule has 0 atom stereocenters. The average molecular weight is 325 g/mol. The summed E-state index contributed by atoms with van der Waals surface area (Å²) in [6, 6.07) is 13.8. The van der Waals surface area contributed by atoms with Crippen LogP contribution in [0.3, 0.4) is 0 Å². The molecule has 0 aliphatic carbocycles. The summed E-state index contributed by atoms with van der Waals surface area (Å²) >= 11 is 0. The van der Waals surface area contributed by atoms with E-state index in [0.29, 0.717) is 23.6 Å². The molecule has 0 saturated carbocycles. The fraction of sp³-hybridized carbons (Fsp3) is 0.222. The van der Waals surface area contributed by atoms with Gasteiger partial charge in [-0.05, 0) is 36.2 Å². The van der Waals surface area contributed by atoms with Gasteiger partial charge in [0, 0.05) is 6.54 Å². The van der Waals surface area contributed by atoms with Gasteiger partial charge in [-0.15, -0.1) is 0 Å². The summed E-state index contributed by atoms with van der Waals surface area (Å²) < 4.78 is 5.45. The van der Waals surface area contributed by atoms with Crippen LogP contribution < -0.4 is 15.4 Å². The molecule has 3 N–H and O–H groups in total. The average Bonchev–Trinajstić information content (AvgIpc) is 2.61. The Labute approximate surface area is 140 Å². The largest absolute Gasteiger partial charge is 0.492 e. The lowest BCUT2D eigenvalue weighted by atomic mass is 10.1. The topological polar surface area (TPSA) is 94.4 Å². The number of carbonyl (C=O) groups is 1. The van der Waals surface area contributed by atoms with Gasteiger partial charge in [-0.2, -0.15) is 5.26 Å². The lowest BCUT2D eigenvalue weighted by molar-refractivity contribution is 0.251. The molecular weight excluding hydrogens is 306 g/mol. The van der Waals surface area contributed by atoms with E-state index >= 15 is 0 Å². The van der Waals surface area contributed by atoms with E-state index in [1.54, 1.807) is 24.3 Å². The van der Waals surface area contributed by atoms with Crippen LogP contribution in [0.5, 0.6) is 5.75 Å². The van der Waals surface area contributed by atoms with Gasteiger partial charge >= 0.3 is 6.03 Å². The van der Waals surface area contributed by atoms with Crippen molar-refractivity contribution in [1.82, 2.24) is 5.32 Å². The van der Waals surface area contributed by atoms with Gasteiger partial charge in [-0.1, -0.05) is 24.3 Å². The standard InChI is InChI=1S/C18H19N3O3/c1-2-24-17-8-7-13(10-19)9-16(17)21-18(23)20-11-14-5-3-4-6-15(14)12-22/h3-9,22H,2,11-12H2,1H3,(H2,20,21,23). The van der Waals surface area contributed by atoms with E-state index in [4.69, 9.17) is 10.00 Å². The van der Waals surface area contributed by atoms with Crippen LogP contribution in [0.25, 0.3) is 0 Å². The van der Waals surface area contributed by atoms with E-state index in [1.807, 2.05) is 31.2 Å². The van der Waals surface area contributed by atoms with Gasteiger partial charge in [0.2, 0.25) is 0 Å². The summed E-state index contributed by atoms with van der Waals surface area (Å²) in [5, 5.41) is 23.7. The van der Waals surface area contributed by atoms with E-state index in [-0.39, 0.29) is 13.2 Å². The highest BCUT2D eigenvalue weighted by atomic mass is 16.5. The van der Waals surface area contributed by atoms with Crippen LogP contribution in [0.15, 0.2) is 42.5 Å². The van der Waals surface area contributed by atoms with E-state index in [0.717, 1.165) is 11.1 Å². The van der Waals surface area contributed by atoms with Gasteiger partial charge in [0.15, 0.2) is 0 Å². The molecule has 0 aromatic heterocycles. The summed E-state index contributed by atoms with van der Waals surface area (Å²) in [5.41, 5.74) is 2.47. The molecular formula is C18H19N3O3. The first-order chi connectivity index (χ1) is 11.7. The lowest BCUT2D eigenvalue weighted by Crippen LogP contribution is -2.28. The van der Waals surface area contributed by atoms with Crippen molar-refractivity contribution in [2.45, 2.75) is 20.1 Å². The number of hydrogen-bond acceptors (Lipinski definition) is 4. The smallest absolute Gasteiger partial charge is 0.319 e. The van der Waals surface area contributed by atoms with Gasteiger partial charge in [0.25, 0.3) is 0 Å². The van der Waals surface area contributed by atoms with Crippen molar-refractivity contribution in [3.63, 3.8) is 0 Å². The molecule has 6 nitrogen and oxygen atoms in total. The van der Waals surface area contributed by atoms with Crippen LogP contribution in [0.4, 0.5) is 10.5 Å². The second kappa shape index (κ2) is 8.56. The predicted molar refractivity (Wildman–Crippen MR) is 90.5 cm³/mol. The SMILES string of the molecule is CCOc1ccc(C#N)cc1NC(=O)NCc1ccccc1CO. The summed E-state index contributed by atoms with van der Waals surface area (Å²) in [7, 11) is 0. The molecule has 0 fully saturated rings. The number of rotatable bonds is 6. The number of urea groups is 1. The van der Waals surface area contributed by atoms with Crippen molar-refractivity contribution in [2.75, 3.05) is 11.9 Å². The van der Waals surface area contributed by atoms with Crippen LogP contribution in [-0.2, 0) is 13.2 Å². The molecule has 2 amide bonds. The zero-order valence-corrected chi connectivity index (χ0v) is 13.4. The minimum atomic E-state index is -0.418. The fourth-order valence-corrected chi connectivity index (χ4v) is 2.20. The molecule has 0 heterocycles. The number of nitrogens with zero attached hydrogens (tertiary/aromatic N) is 1. The van der Waals surface area contributed by atoms with Crippen molar-refractivity contribution >= 4 is 11.7 Å². The molecule has 0 saturated heterocycles. The fourth-order valence-electron chi connectivity index (χ4n) is 2.20. The Morgan fingerprint density at radius 1 is 1.25 bits per heavy atom. The quantitative estimate of drug-likeness (QED) is 0.761. The number of nitriles is 1. The number of anilines is 1. The molecule has 0 radical (unpaired) electrons. The molecule has 124 valence electrons. The van der Waals surface area contributed by atoms with Gasteiger partial charge in [0.05, 0.1) is 30.5 Å². The lowest BCUT2D eigenvalue weighted by Gasteiger charge is -2.13. The van der Waals surface area contributed by atoms with Gasteiger partial charge in [-0.3, -0.25) is 0 Å². The summed E-state index contributed by atoms with van der Waals surface area (Å²) in [4.78, 5) is 12.1. The molecule has 0 aliphatic rings. The third kappa shape index (κ3) is 4.48. The first kappa shape index (κ1) is 17.3. The van der Waals surface area contributed by atoms with Gasteiger partial charge in [0.1, 0.15) is 5.75 Å². The zero-order valence-electron chi connectivity index (χ0n) is 13.4. The highest BCUT2D eigenvalue weighted by Gasteiger charge is 2.10. The van der Waals surface area contributed by atoms with Crippen molar-refractivity contribution in [3.05, 3.63) is 59.2 Å². The first-order valence-corrected chi connectivity index (χ1v) is 7.57. The second-order valence-corrected chi connectivity index (χ2v) is 4.99. The molecule has 6 heteroatoms. The van der Waals surface area contributed by atoms with Crippen LogP contribution in [0, 0.1) is 11.3 Å². The van der Waals surface area contributed by atoms with Crippen molar-refractivity contribution in [1.29, 1.82) is 5.26 Å². The molecule has 24 heavy (non-hydrogen) atoms. The van der Waals surface area contributed by atoms with Gasteiger partial charge in [-0.25, -0.2) is 4.79 Å². The first-order valence-electron chi connectivity index (χ1n) is 7.57. The van der Waals surface area contributed by atoms with Crippen LogP contribution in [-0.4, -0.2) is 17.7 Å². The van der Waals surface area contributed by atoms with E-state index in [1.165, 1.54) is 0 Å². The number of nitrogens with one attached hydrogen (secondary N) is 2. The van der Waals surface area contributed by atoms with Crippen molar-refractivity contribution in [3.8, 4) is 11.8 Å². The van der Waals surface area contributed by atoms with E-state index < -0.39 is 6.03 Å². The number of carbonyl (C=O) groups excluding carboxylic acids is 1. The molecule has 0 unspecified atom stereocenters. The Kier molecular flexibility index (Phi) is 6.17. The highest BCUT2D eigenvalue weighted by molar-refractivity contribution is 5.91. The second-order valence-electron chi connectivity index (χ2n) is 4.99. The third-order valence-corrected chi connectivity index (χ3v) is 3.38. The van der Waals surface area contributed by atoms with E-state index in [2.05, 4.69) is 10.6 Å². The van der Waals surface area contributed by atoms with Crippen molar-refractivity contribution < 1.29 is 14.6 Å². The number of ether oxygens (including phenoxy) is 1. The molecule has 2 aromatic rings. The Bertz CT molecular complexity index is 753. The minimum Gasteiger partial charge on any atom is -0.492 e. The number of amides is 2. The summed E-state index contributed by atoms with van der Waals surface area (Å²) in [6.45, 7) is 2.49. The normalized spacial score (nSPS) is 9.88. The van der Waals surface area contributed by atoms with Crippen LogP contribution >= 0.6 is 0 Å².